The summed E-state index contributed by atoms with van der Waals surface area (Å²) in [6, 6.07) is 13.5. The van der Waals surface area contributed by atoms with Crippen LogP contribution in [0.25, 0.3) is 17.0 Å². The van der Waals surface area contributed by atoms with Gasteiger partial charge in [0.15, 0.2) is 0 Å². The summed E-state index contributed by atoms with van der Waals surface area (Å²) >= 11 is 0. The number of aromatic carboxylic acids is 1. The van der Waals surface area contributed by atoms with Gasteiger partial charge in [-0.25, -0.2) is 14.5 Å². The van der Waals surface area contributed by atoms with Crippen molar-refractivity contribution in [3.8, 4) is 6.07 Å². The van der Waals surface area contributed by atoms with E-state index in [-0.39, 0.29) is 23.4 Å². The summed E-state index contributed by atoms with van der Waals surface area (Å²) in [6.45, 7) is 3.40. The normalized spacial score (nSPS) is 16.3. The minimum atomic E-state index is -1.14. The Morgan fingerprint density at radius 2 is 1.76 bits per heavy atom. The molecule has 1 atom stereocenters. The van der Waals surface area contributed by atoms with Crippen molar-refractivity contribution in [3.63, 3.8) is 0 Å². The molecule has 4 amide bonds. The molecule has 170 valence electrons. The van der Waals surface area contributed by atoms with Gasteiger partial charge in [0, 0.05) is 29.2 Å². The van der Waals surface area contributed by atoms with Crippen LogP contribution in [0.4, 0.5) is 10.5 Å². The molecule has 3 aromatic rings. The molecule has 1 aliphatic heterocycles. The van der Waals surface area contributed by atoms with Crippen LogP contribution in [0.3, 0.4) is 0 Å². The van der Waals surface area contributed by atoms with E-state index in [0.717, 1.165) is 20.7 Å². The van der Waals surface area contributed by atoms with Gasteiger partial charge in [0.25, 0.3) is 11.8 Å². The van der Waals surface area contributed by atoms with Gasteiger partial charge in [0.2, 0.25) is 0 Å². The highest BCUT2D eigenvalue weighted by Crippen LogP contribution is 2.30. The van der Waals surface area contributed by atoms with Crippen LogP contribution in [-0.2, 0) is 9.59 Å². The number of amides is 4. The predicted molar refractivity (Wildman–Crippen MR) is 124 cm³/mol. The third kappa shape index (κ3) is 3.61. The first-order valence-corrected chi connectivity index (χ1v) is 10.5. The average Bonchev–Trinajstić information content (AvgIpc) is 3.20. The molecule has 2 heterocycles. The van der Waals surface area contributed by atoms with Crippen LogP contribution < -0.4 is 4.90 Å². The van der Waals surface area contributed by atoms with Crippen molar-refractivity contribution in [2.45, 2.75) is 19.9 Å². The summed E-state index contributed by atoms with van der Waals surface area (Å²) in [5.74, 6) is -2.68. The highest BCUT2D eigenvalue weighted by molar-refractivity contribution is 6.39. The fourth-order valence-corrected chi connectivity index (χ4v) is 3.92. The van der Waals surface area contributed by atoms with E-state index in [2.05, 4.69) is 6.07 Å². The number of hydrogen-bond acceptors (Lipinski definition) is 5. The average molecular weight is 456 g/mol. The lowest BCUT2D eigenvalue weighted by atomic mass is 10.0. The van der Waals surface area contributed by atoms with Gasteiger partial charge in [-0.3, -0.25) is 14.5 Å². The lowest BCUT2D eigenvalue weighted by molar-refractivity contribution is -0.128. The molecule has 0 aliphatic carbocycles. The van der Waals surface area contributed by atoms with Gasteiger partial charge < -0.3 is 9.67 Å². The maximum atomic E-state index is 13.4. The van der Waals surface area contributed by atoms with Crippen LogP contribution in [0.5, 0.6) is 0 Å². The van der Waals surface area contributed by atoms with E-state index in [1.165, 1.54) is 30.3 Å². The summed E-state index contributed by atoms with van der Waals surface area (Å²) in [5, 5.41) is 19.3. The molecule has 0 spiro atoms. The van der Waals surface area contributed by atoms with Crippen LogP contribution >= 0.6 is 0 Å². The van der Waals surface area contributed by atoms with Gasteiger partial charge >= 0.3 is 12.0 Å². The number of carboxylic acid groups (broad SMARTS) is 1. The van der Waals surface area contributed by atoms with Gasteiger partial charge in [0.1, 0.15) is 11.6 Å². The maximum Gasteiger partial charge on any atom is 0.338 e. The van der Waals surface area contributed by atoms with Crippen molar-refractivity contribution in [1.82, 2.24) is 9.47 Å². The van der Waals surface area contributed by atoms with E-state index in [4.69, 9.17) is 5.11 Å². The van der Waals surface area contributed by atoms with Crippen molar-refractivity contribution in [3.05, 3.63) is 71.4 Å². The van der Waals surface area contributed by atoms with E-state index >= 15 is 0 Å². The van der Waals surface area contributed by atoms with Crippen molar-refractivity contribution in [1.29, 1.82) is 5.26 Å². The molecule has 0 saturated carbocycles. The van der Waals surface area contributed by atoms with Crippen molar-refractivity contribution in [2.24, 2.45) is 0 Å². The number of rotatable bonds is 5. The fraction of sp³-hybridized carbons (Fsp3) is 0.160. The number of imide groups is 2. The van der Waals surface area contributed by atoms with Gasteiger partial charge in [-0.05, 0) is 50.3 Å². The summed E-state index contributed by atoms with van der Waals surface area (Å²) in [5.41, 5.74) is 1.26. The van der Waals surface area contributed by atoms with Gasteiger partial charge in [-0.15, -0.1) is 0 Å². The lowest BCUT2D eigenvalue weighted by Gasteiger charge is -2.33. The van der Waals surface area contributed by atoms with Crippen LogP contribution in [0.2, 0.25) is 0 Å². The Morgan fingerprint density at radius 1 is 1.09 bits per heavy atom. The standard InChI is InChI=1S/C25H20N4O5/c1-3-27-22(30)20(12-17-14-28(15(2)13-26)21-7-5-4-6-19(17)21)23(31)29(25(27)34)18-10-8-16(9-11-18)24(32)33/h4-12,14-15H,3H2,1-2H3,(H,32,33). The number of urea groups is 1. The molecule has 2 aromatic carbocycles. The number of hydrogen-bond donors (Lipinski definition) is 1. The zero-order chi connectivity index (χ0) is 24.6. The number of fused-ring (bicyclic) bond motifs is 1. The molecule has 0 bridgehead atoms. The Bertz CT molecular complexity index is 1410. The molecule has 4 rings (SSSR count). The number of aromatic nitrogens is 1. The van der Waals surface area contributed by atoms with Gasteiger partial charge in [0.05, 0.1) is 17.3 Å². The van der Waals surface area contributed by atoms with E-state index in [1.807, 2.05) is 24.3 Å². The number of para-hydroxylation sites is 1. The number of likely N-dealkylation sites (N-methyl/N-ethyl adjacent to an activating group) is 1. The van der Waals surface area contributed by atoms with Gasteiger partial charge in [-0.1, -0.05) is 18.2 Å². The molecule has 1 fully saturated rings. The molecular weight excluding hydrogens is 436 g/mol. The Morgan fingerprint density at radius 3 is 2.38 bits per heavy atom. The number of carbonyl (C=O) groups excluding carboxylic acids is 3. The van der Waals surface area contributed by atoms with E-state index in [1.54, 1.807) is 24.6 Å². The Balaban J connectivity index is 1.85. The van der Waals surface area contributed by atoms with Crippen LogP contribution in [0.1, 0.15) is 35.8 Å². The van der Waals surface area contributed by atoms with Crippen LogP contribution in [-0.4, -0.2) is 44.9 Å². The number of barbiturate groups is 1. The SMILES string of the molecule is CCN1C(=O)C(=Cc2cn(C(C)C#N)c3ccccc23)C(=O)N(c2ccc(C(=O)O)cc2)C1=O. The summed E-state index contributed by atoms with van der Waals surface area (Å²) < 4.78 is 1.75. The third-order valence-electron chi connectivity index (χ3n) is 5.70. The monoisotopic (exact) mass is 456 g/mol. The smallest absolute Gasteiger partial charge is 0.338 e. The topological polar surface area (TPSA) is 124 Å². The van der Waals surface area contributed by atoms with Crippen LogP contribution in [0.15, 0.2) is 60.3 Å². The number of anilines is 1. The van der Waals surface area contributed by atoms with E-state index in [9.17, 15) is 24.4 Å². The predicted octanol–water partition coefficient (Wildman–Crippen LogP) is 3.82. The van der Waals surface area contributed by atoms with Crippen molar-refractivity contribution < 1.29 is 24.3 Å². The minimum Gasteiger partial charge on any atom is -0.478 e. The fourth-order valence-electron chi connectivity index (χ4n) is 3.92. The Kier molecular flexibility index (Phi) is 5.73. The molecule has 1 unspecified atom stereocenters. The number of nitrogens with zero attached hydrogens (tertiary/aromatic N) is 4. The first kappa shape index (κ1) is 22.5. The van der Waals surface area contributed by atoms with Gasteiger partial charge in [-0.2, -0.15) is 5.26 Å². The second kappa shape index (κ2) is 8.67. The number of nitriles is 1. The summed E-state index contributed by atoms with van der Waals surface area (Å²) in [7, 11) is 0. The molecule has 9 nitrogen and oxygen atoms in total. The zero-order valence-electron chi connectivity index (χ0n) is 18.4. The summed E-state index contributed by atoms with van der Waals surface area (Å²) in [6.07, 6.45) is 3.13. The molecule has 9 heteroatoms. The second-order valence-corrected chi connectivity index (χ2v) is 7.70. The minimum absolute atomic E-state index is 0.000677. The molecule has 1 aromatic heterocycles. The maximum absolute atomic E-state index is 13.4. The highest BCUT2D eigenvalue weighted by Gasteiger charge is 2.42. The quantitative estimate of drug-likeness (QED) is 0.460. The second-order valence-electron chi connectivity index (χ2n) is 7.70. The molecule has 1 N–H and O–H groups in total. The Hall–Kier alpha value is -4.71. The largest absolute Gasteiger partial charge is 0.478 e. The first-order valence-electron chi connectivity index (χ1n) is 10.5. The summed E-state index contributed by atoms with van der Waals surface area (Å²) in [4.78, 5) is 52.4. The third-order valence-corrected chi connectivity index (χ3v) is 5.70. The molecule has 34 heavy (non-hydrogen) atoms. The van der Waals surface area contributed by atoms with Crippen molar-refractivity contribution >= 4 is 46.5 Å². The number of carbonyl (C=O) groups is 4. The van der Waals surface area contributed by atoms with E-state index in [0.29, 0.717) is 5.56 Å². The highest BCUT2D eigenvalue weighted by atomic mass is 16.4. The molecule has 1 aliphatic rings. The van der Waals surface area contributed by atoms with Crippen LogP contribution in [0, 0.1) is 11.3 Å². The lowest BCUT2D eigenvalue weighted by Crippen LogP contribution is -2.56. The molecular formula is C25H20N4O5. The molecule has 0 radical (unpaired) electrons. The Labute approximate surface area is 194 Å². The molecule has 1 saturated heterocycles. The number of benzene rings is 2. The number of carboxylic acids is 1. The first-order chi connectivity index (χ1) is 16.3. The van der Waals surface area contributed by atoms with Crippen molar-refractivity contribution in [2.75, 3.05) is 11.4 Å². The van der Waals surface area contributed by atoms with E-state index < -0.39 is 29.9 Å². The zero-order valence-corrected chi connectivity index (χ0v) is 18.4.